The van der Waals surface area contributed by atoms with E-state index in [0.29, 0.717) is 25.1 Å². The van der Waals surface area contributed by atoms with Crippen LogP contribution in [0.1, 0.15) is 45.2 Å². The zero-order chi connectivity index (χ0) is 24.7. The number of carbonyl (C=O) groups excluding carboxylic acids is 2. The van der Waals surface area contributed by atoms with Crippen LogP contribution in [0.5, 0.6) is 0 Å². The molecule has 1 saturated heterocycles. The van der Waals surface area contributed by atoms with Crippen LogP contribution in [0.3, 0.4) is 0 Å². The third-order valence-electron chi connectivity index (χ3n) is 6.83. The summed E-state index contributed by atoms with van der Waals surface area (Å²) >= 11 is 0. The maximum absolute atomic E-state index is 13.2. The first-order valence-corrected chi connectivity index (χ1v) is 11.0. The zero-order valence-electron chi connectivity index (χ0n) is 20.4. The number of esters is 1. The molecule has 1 aliphatic heterocycles. The van der Waals surface area contributed by atoms with Crippen LogP contribution in [0.25, 0.3) is 0 Å². The number of nitriles is 1. The minimum absolute atomic E-state index is 0.252. The van der Waals surface area contributed by atoms with E-state index in [0.717, 1.165) is 0 Å². The Labute approximate surface area is 197 Å². The van der Waals surface area contributed by atoms with Gasteiger partial charge in [-0.3, -0.25) is 9.59 Å². The first-order valence-electron chi connectivity index (χ1n) is 11.0. The highest BCUT2D eigenvalue weighted by molar-refractivity contribution is 5.94. The summed E-state index contributed by atoms with van der Waals surface area (Å²) in [6.45, 7) is 8.36. The maximum Gasteiger partial charge on any atom is 0.313 e. The van der Waals surface area contributed by atoms with E-state index in [1.165, 1.54) is 12.7 Å². The highest BCUT2D eigenvalue weighted by Crippen LogP contribution is 2.44. The summed E-state index contributed by atoms with van der Waals surface area (Å²) in [5.41, 5.74) is -0.957. The number of hydrogen-bond donors (Lipinski definition) is 0. The average molecular weight is 451 g/mol. The Morgan fingerprint density at radius 2 is 1.58 bits per heavy atom. The highest BCUT2D eigenvalue weighted by atomic mass is 16.5. The van der Waals surface area contributed by atoms with Gasteiger partial charge >= 0.3 is 5.97 Å². The van der Waals surface area contributed by atoms with Crippen LogP contribution in [-0.2, 0) is 31.1 Å². The Balaban J connectivity index is 0.000000357. The van der Waals surface area contributed by atoms with E-state index in [1.807, 2.05) is 74.5 Å². The van der Waals surface area contributed by atoms with Gasteiger partial charge in [-0.05, 0) is 45.2 Å². The molecule has 6 nitrogen and oxygen atoms in total. The van der Waals surface area contributed by atoms with E-state index in [4.69, 9.17) is 9.47 Å². The highest BCUT2D eigenvalue weighted by Gasteiger charge is 2.57. The van der Waals surface area contributed by atoms with Crippen LogP contribution in [-0.4, -0.2) is 43.1 Å². The normalized spacial score (nSPS) is 18.2. The monoisotopic (exact) mass is 450 g/mol. The van der Waals surface area contributed by atoms with Crippen molar-refractivity contribution >= 4 is 11.9 Å². The molecule has 1 heterocycles. The number of methoxy groups -OCH3 is 2. The number of ether oxygens (including phenoxy) is 2. The van der Waals surface area contributed by atoms with Crippen molar-refractivity contribution in [1.29, 1.82) is 5.26 Å². The molecule has 1 atom stereocenters. The number of likely N-dealkylation sites (tertiary alicyclic amines) is 1. The summed E-state index contributed by atoms with van der Waals surface area (Å²) in [5, 5.41) is 9.79. The number of benzene rings is 2. The second-order valence-corrected chi connectivity index (χ2v) is 9.18. The van der Waals surface area contributed by atoms with Gasteiger partial charge in [0.25, 0.3) is 0 Å². The number of rotatable bonds is 6. The molecule has 0 aromatic heterocycles. The van der Waals surface area contributed by atoms with Crippen molar-refractivity contribution < 1.29 is 19.1 Å². The lowest BCUT2D eigenvalue weighted by Crippen LogP contribution is -2.59. The van der Waals surface area contributed by atoms with Crippen molar-refractivity contribution in [3.63, 3.8) is 0 Å². The summed E-state index contributed by atoms with van der Waals surface area (Å²) in [6.07, 6.45) is 0.410. The molecule has 6 heteroatoms. The first kappa shape index (κ1) is 26.1. The van der Waals surface area contributed by atoms with Crippen molar-refractivity contribution in [2.45, 2.75) is 51.7 Å². The lowest BCUT2D eigenvalue weighted by atomic mass is 9.73. The van der Waals surface area contributed by atoms with Crippen LogP contribution in [0.4, 0.5) is 0 Å². The van der Waals surface area contributed by atoms with Crippen molar-refractivity contribution in [3.8, 4) is 6.07 Å². The molecule has 0 saturated carbocycles. The van der Waals surface area contributed by atoms with Gasteiger partial charge in [-0.1, -0.05) is 60.7 Å². The lowest BCUT2D eigenvalue weighted by molar-refractivity contribution is -0.162. The fourth-order valence-electron chi connectivity index (χ4n) is 3.99. The van der Waals surface area contributed by atoms with Crippen molar-refractivity contribution in [2.75, 3.05) is 20.8 Å². The van der Waals surface area contributed by atoms with Crippen LogP contribution in [0, 0.1) is 16.7 Å². The summed E-state index contributed by atoms with van der Waals surface area (Å²) < 4.78 is 9.85. The van der Waals surface area contributed by atoms with Crippen LogP contribution in [0.15, 0.2) is 60.7 Å². The predicted molar refractivity (Wildman–Crippen MR) is 127 cm³/mol. The van der Waals surface area contributed by atoms with E-state index in [2.05, 4.69) is 6.07 Å². The summed E-state index contributed by atoms with van der Waals surface area (Å²) in [5.74, 6) is -0.632. The Morgan fingerprint density at radius 1 is 1.03 bits per heavy atom. The quantitative estimate of drug-likeness (QED) is 0.606. The second-order valence-electron chi connectivity index (χ2n) is 9.18. The molecule has 1 unspecified atom stereocenters. The predicted octanol–water partition coefficient (Wildman–Crippen LogP) is 4.49. The molecule has 0 aliphatic carbocycles. The van der Waals surface area contributed by atoms with Crippen molar-refractivity contribution in [3.05, 3.63) is 71.8 Å². The Morgan fingerprint density at radius 3 is 2.06 bits per heavy atom. The topological polar surface area (TPSA) is 79.6 Å². The molecule has 2 aromatic carbocycles. The largest absolute Gasteiger partial charge is 0.469 e. The van der Waals surface area contributed by atoms with Gasteiger partial charge in [-0.2, -0.15) is 5.26 Å². The SMILES string of the molecule is COC(=O)C(C)(C)C(C)(C)N1CCC(C#N)(c2ccccc2)C1=O.COCc1ccccc1. The first-order chi connectivity index (χ1) is 15.6. The maximum atomic E-state index is 13.2. The number of nitrogens with zero attached hydrogens (tertiary/aromatic N) is 2. The van der Waals surface area contributed by atoms with Gasteiger partial charge in [0.15, 0.2) is 5.41 Å². The van der Waals surface area contributed by atoms with Crippen LogP contribution < -0.4 is 0 Å². The van der Waals surface area contributed by atoms with E-state index < -0.39 is 16.4 Å². The molecule has 176 valence electrons. The average Bonchev–Trinajstić information content (AvgIpc) is 3.18. The van der Waals surface area contributed by atoms with E-state index >= 15 is 0 Å². The molecule has 0 radical (unpaired) electrons. The molecular weight excluding hydrogens is 416 g/mol. The Hall–Kier alpha value is -3.17. The molecule has 2 aromatic rings. The van der Waals surface area contributed by atoms with E-state index in [9.17, 15) is 14.9 Å². The number of hydrogen-bond acceptors (Lipinski definition) is 5. The van der Waals surface area contributed by atoms with Gasteiger partial charge in [-0.25, -0.2) is 0 Å². The van der Waals surface area contributed by atoms with Gasteiger partial charge in [0.05, 0.1) is 30.7 Å². The molecule has 0 bridgehead atoms. The third-order valence-corrected chi connectivity index (χ3v) is 6.83. The summed E-state index contributed by atoms with van der Waals surface area (Å²) in [4.78, 5) is 27.1. The van der Waals surface area contributed by atoms with Gasteiger partial charge in [0.2, 0.25) is 5.91 Å². The smallest absolute Gasteiger partial charge is 0.313 e. The molecule has 1 fully saturated rings. The number of amides is 1. The Kier molecular flexibility index (Phi) is 8.40. The molecule has 0 spiro atoms. The number of carbonyl (C=O) groups is 2. The van der Waals surface area contributed by atoms with Crippen LogP contribution >= 0.6 is 0 Å². The van der Waals surface area contributed by atoms with Crippen molar-refractivity contribution in [1.82, 2.24) is 4.90 Å². The second kappa shape index (κ2) is 10.6. The fourth-order valence-corrected chi connectivity index (χ4v) is 3.99. The summed E-state index contributed by atoms with van der Waals surface area (Å²) in [7, 11) is 3.04. The van der Waals surface area contributed by atoms with E-state index in [-0.39, 0.29) is 11.9 Å². The minimum Gasteiger partial charge on any atom is -0.469 e. The lowest BCUT2D eigenvalue weighted by Gasteiger charge is -2.46. The molecule has 1 amide bonds. The van der Waals surface area contributed by atoms with Gasteiger partial charge < -0.3 is 14.4 Å². The fraction of sp³-hybridized carbons (Fsp3) is 0.444. The van der Waals surface area contributed by atoms with Crippen LogP contribution in [0.2, 0.25) is 0 Å². The standard InChI is InChI=1S/C19H24N2O3.C8H10O/c1-17(2,16(23)24-5)18(3,4)21-12-11-19(13-20,15(21)22)14-9-7-6-8-10-14;1-9-7-8-5-3-2-4-6-8/h6-10H,11-12H2,1-5H3;2-6H,7H2,1H3. The Bertz CT molecular complexity index is 980. The minimum atomic E-state index is -1.19. The molecule has 3 rings (SSSR count). The van der Waals surface area contributed by atoms with Gasteiger partial charge in [0.1, 0.15) is 0 Å². The van der Waals surface area contributed by atoms with E-state index in [1.54, 1.807) is 25.9 Å². The molecular formula is C27H34N2O4. The zero-order valence-corrected chi connectivity index (χ0v) is 20.4. The third kappa shape index (κ3) is 5.09. The molecule has 0 N–H and O–H groups in total. The molecule has 1 aliphatic rings. The summed E-state index contributed by atoms with van der Waals surface area (Å²) in [6, 6.07) is 21.5. The van der Waals surface area contributed by atoms with Gasteiger partial charge in [-0.15, -0.1) is 0 Å². The van der Waals surface area contributed by atoms with Crippen molar-refractivity contribution in [2.24, 2.45) is 5.41 Å². The van der Waals surface area contributed by atoms with Gasteiger partial charge in [0, 0.05) is 13.7 Å². The molecule has 33 heavy (non-hydrogen) atoms.